The molecule has 0 aliphatic carbocycles. The number of hydrogen-bond acceptors (Lipinski definition) is 3. The minimum absolute atomic E-state index is 0.568. The average molecular weight is 169 g/mol. The molecular weight excluding hydrogens is 150 g/mol. The van der Waals surface area contributed by atoms with Crippen LogP contribution in [0.3, 0.4) is 0 Å². The van der Waals surface area contributed by atoms with E-state index in [1.165, 1.54) is 38.8 Å². The third kappa shape index (κ3) is 1.63. The lowest BCUT2D eigenvalue weighted by atomic mass is 9.73. The van der Waals surface area contributed by atoms with E-state index in [9.17, 15) is 0 Å². The normalized spacial score (nSPS) is 30.8. The number of hydrogen-bond donors (Lipinski definition) is 2. The monoisotopic (exact) mass is 169 g/mol. The second kappa shape index (κ2) is 3.32. The molecule has 1 spiro atoms. The first-order valence-corrected chi connectivity index (χ1v) is 5.01. The summed E-state index contributed by atoms with van der Waals surface area (Å²) in [6.07, 6.45) is 5.32. The molecule has 3 N–H and O–H groups in total. The number of rotatable bonds is 0. The van der Waals surface area contributed by atoms with Crippen LogP contribution in [0.5, 0.6) is 0 Å². The van der Waals surface area contributed by atoms with Crippen molar-refractivity contribution in [3.05, 3.63) is 0 Å². The summed E-state index contributed by atoms with van der Waals surface area (Å²) in [5.41, 5.74) is 0.568. The fourth-order valence-electron chi connectivity index (χ4n) is 2.61. The molecule has 2 aliphatic heterocycles. The Morgan fingerprint density at radius 1 is 1.17 bits per heavy atom. The van der Waals surface area contributed by atoms with E-state index >= 15 is 0 Å². The molecule has 2 fully saturated rings. The minimum atomic E-state index is 0.568. The third-order valence-corrected chi connectivity index (χ3v) is 3.36. The molecule has 2 heterocycles. The maximum Gasteiger partial charge on any atom is 0.0186 e. The minimum Gasteiger partial charge on any atom is -0.317 e. The zero-order valence-corrected chi connectivity index (χ0v) is 7.68. The molecule has 2 rings (SSSR count). The summed E-state index contributed by atoms with van der Waals surface area (Å²) in [7, 11) is 0. The highest BCUT2D eigenvalue weighted by atomic mass is 15.4. The van der Waals surface area contributed by atoms with E-state index in [-0.39, 0.29) is 0 Å². The van der Waals surface area contributed by atoms with Crippen molar-refractivity contribution in [2.75, 3.05) is 26.2 Å². The summed E-state index contributed by atoms with van der Waals surface area (Å²) in [5.74, 6) is 5.85. The fraction of sp³-hybridized carbons (Fsp3) is 1.00. The lowest BCUT2D eigenvalue weighted by Crippen LogP contribution is -2.50. The Bertz CT molecular complexity index is 146. The maximum atomic E-state index is 5.85. The van der Waals surface area contributed by atoms with E-state index in [2.05, 4.69) is 5.32 Å². The van der Waals surface area contributed by atoms with Gasteiger partial charge in [-0.2, -0.15) is 0 Å². The van der Waals surface area contributed by atoms with E-state index in [0.29, 0.717) is 5.41 Å². The molecule has 12 heavy (non-hydrogen) atoms. The van der Waals surface area contributed by atoms with Gasteiger partial charge in [-0.25, -0.2) is 5.01 Å². The first kappa shape index (κ1) is 8.48. The van der Waals surface area contributed by atoms with Crippen LogP contribution in [0.2, 0.25) is 0 Å². The molecule has 0 aromatic carbocycles. The van der Waals surface area contributed by atoms with E-state index < -0.39 is 0 Å². The summed E-state index contributed by atoms with van der Waals surface area (Å²) in [6, 6.07) is 0. The topological polar surface area (TPSA) is 41.3 Å². The van der Waals surface area contributed by atoms with Crippen LogP contribution in [0.25, 0.3) is 0 Å². The van der Waals surface area contributed by atoms with E-state index in [1.807, 2.05) is 5.01 Å². The van der Waals surface area contributed by atoms with Crippen LogP contribution >= 0.6 is 0 Å². The number of nitrogens with one attached hydrogen (secondary N) is 1. The van der Waals surface area contributed by atoms with Gasteiger partial charge in [-0.15, -0.1) is 0 Å². The molecule has 3 heteroatoms. The highest BCUT2D eigenvalue weighted by molar-refractivity contribution is 4.89. The summed E-state index contributed by atoms with van der Waals surface area (Å²) >= 11 is 0. The van der Waals surface area contributed by atoms with Crippen LogP contribution < -0.4 is 11.2 Å². The number of nitrogens with two attached hydrogens (primary N) is 1. The van der Waals surface area contributed by atoms with Crippen LogP contribution in [-0.2, 0) is 0 Å². The summed E-state index contributed by atoms with van der Waals surface area (Å²) in [4.78, 5) is 0. The third-order valence-electron chi connectivity index (χ3n) is 3.36. The van der Waals surface area contributed by atoms with Gasteiger partial charge in [0.2, 0.25) is 0 Å². The maximum absolute atomic E-state index is 5.85. The molecule has 0 bridgehead atoms. The summed E-state index contributed by atoms with van der Waals surface area (Å²) in [5, 5.41) is 5.42. The predicted molar refractivity (Wildman–Crippen MR) is 49.5 cm³/mol. The zero-order valence-electron chi connectivity index (χ0n) is 7.68. The Kier molecular flexibility index (Phi) is 2.35. The number of piperidine rings is 2. The van der Waals surface area contributed by atoms with Crippen molar-refractivity contribution >= 4 is 0 Å². The Morgan fingerprint density at radius 3 is 2.58 bits per heavy atom. The summed E-state index contributed by atoms with van der Waals surface area (Å²) in [6.45, 7) is 4.59. The molecule has 0 atom stereocenters. The van der Waals surface area contributed by atoms with Crippen LogP contribution in [0.4, 0.5) is 0 Å². The standard InChI is InChI=1S/C9H19N3/c10-12-7-1-2-9(8-12)3-5-11-6-4-9/h11H,1-8,10H2. The van der Waals surface area contributed by atoms with Gasteiger partial charge < -0.3 is 5.32 Å². The van der Waals surface area contributed by atoms with Crippen LogP contribution in [0, 0.1) is 5.41 Å². The molecule has 0 saturated carbocycles. The van der Waals surface area contributed by atoms with Crippen molar-refractivity contribution in [2.45, 2.75) is 25.7 Å². The van der Waals surface area contributed by atoms with Gasteiger partial charge in [0.05, 0.1) is 0 Å². The fourth-order valence-corrected chi connectivity index (χ4v) is 2.61. The van der Waals surface area contributed by atoms with Crippen molar-refractivity contribution in [1.29, 1.82) is 0 Å². The largest absolute Gasteiger partial charge is 0.317 e. The lowest BCUT2D eigenvalue weighted by Gasteiger charge is -2.43. The van der Waals surface area contributed by atoms with Crippen LogP contribution in [-0.4, -0.2) is 31.2 Å². The van der Waals surface area contributed by atoms with Crippen LogP contribution in [0.15, 0.2) is 0 Å². The molecular formula is C9H19N3. The van der Waals surface area contributed by atoms with E-state index in [1.54, 1.807) is 0 Å². The molecule has 3 nitrogen and oxygen atoms in total. The molecule has 2 saturated heterocycles. The van der Waals surface area contributed by atoms with Gasteiger partial charge >= 0.3 is 0 Å². The van der Waals surface area contributed by atoms with Crippen molar-refractivity contribution in [3.8, 4) is 0 Å². The zero-order chi connectivity index (χ0) is 8.44. The van der Waals surface area contributed by atoms with Crippen molar-refractivity contribution in [3.63, 3.8) is 0 Å². The van der Waals surface area contributed by atoms with E-state index in [0.717, 1.165) is 13.1 Å². The van der Waals surface area contributed by atoms with Gasteiger partial charge in [0.15, 0.2) is 0 Å². The Balaban J connectivity index is 1.97. The molecule has 0 aromatic rings. The van der Waals surface area contributed by atoms with Crippen molar-refractivity contribution < 1.29 is 0 Å². The van der Waals surface area contributed by atoms with Crippen molar-refractivity contribution in [2.24, 2.45) is 11.3 Å². The number of nitrogens with zero attached hydrogens (tertiary/aromatic N) is 1. The van der Waals surface area contributed by atoms with Gasteiger partial charge in [-0.1, -0.05) is 0 Å². The van der Waals surface area contributed by atoms with Crippen LogP contribution in [0.1, 0.15) is 25.7 Å². The molecule has 0 unspecified atom stereocenters. The van der Waals surface area contributed by atoms with Gasteiger partial charge in [0.1, 0.15) is 0 Å². The number of hydrazine groups is 1. The van der Waals surface area contributed by atoms with Gasteiger partial charge in [-0.05, 0) is 44.2 Å². The van der Waals surface area contributed by atoms with Gasteiger partial charge in [0.25, 0.3) is 0 Å². The lowest BCUT2D eigenvalue weighted by molar-refractivity contribution is 0.0598. The second-order valence-electron chi connectivity index (χ2n) is 4.32. The molecule has 0 radical (unpaired) electrons. The molecule has 0 aromatic heterocycles. The molecule has 0 amide bonds. The smallest absolute Gasteiger partial charge is 0.0186 e. The molecule has 70 valence electrons. The highest BCUT2D eigenvalue weighted by Crippen LogP contribution is 2.36. The van der Waals surface area contributed by atoms with Crippen molar-refractivity contribution in [1.82, 2.24) is 10.3 Å². The quantitative estimate of drug-likeness (QED) is 0.513. The first-order valence-electron chi connectivity index (χ1n) is 5.01. The van der Waals surface area contributed by atoms with E-state index in [4.69, 9.17) is 5.84 Å². The predicted octanol–water partition coefficient (Wildman–Crippen LogP) is 0.326. The second-order valence-corrected chi connectivity index (χ2v) is 4.32. The highest BCUT2D eigenvalue weighted by Gasteiger charge is 2.35. The molecule has 2 aliphatic rings. The summed E-state index contributed by atoms with van der Waals surface area (Å²) < 4.78 is 0. The first-order chi connectivity index (χ1) is 5.81. The van der Waals surface area contributed by atoms with Gasteiger partial charge in [0, 0.05) is 13.1 Å². The Hall–Kier alpha value is -0.120. The average Bonchev–Trinajstić information content (AvgIpc) is 2.05. The Labute approximate surface area is 74.3 Å². The Morgan fingerprint density at radius 2 is 1.92 bits per heavy atom. The van der Waals surface area contributed by atoms with Gasteiger partial charge in [-0.3, -0.25) is 5.84 Å². The SMILES string of the molecule is NN1CCCC2(CCNCC2)C1.